The van der Waals surface area contributed by atoms with E-state index in [1.165, 1.54) is 30.2 Å². The first-order chi connectivity index (χ1) is 25.1. The molecule has 5 atom stereocenters. The minimum Gasteiger partial charge on any atom is -0.389 e. The Bertz CT molecular complexity index is 2460. The molecule has 3 aromatic carbocycles. The van der Waals surface area contributed by atoms with E-state index >= 15 is 0 Å². The van der Waals surface area contributed by atoms with Crippen LogP contribution in [0.5, 0.6) is 0 Å². The van der Waals surface area contributed by atoms with Gasteiger partial charge in [0.15, 0.2) is 28.6 Å². The Labute approximate surface area is 292 Å². The number of halogens is 4. The molecule has 2 aliphatic carbocycles. The molecule has 0 bridgehead atoms. The van der Waals surface area contributed by atoms with Crippen LogP contribution in [0.3, 0.4) is 0 Å². The summed E-state index contributed by atoms with van der Waals surface area (Å²) in [5, 5.41) is 36.1. The number of aliphatic hydroxyl groups excluding tert-OH is 2. The van der Waals surface area contributed by atoms with Gasteiger partial charge in [-0.1, -0.05) is 23.3 Å². The number of nitrogens with one attached hydrogen (secondary N) is 2. The zero-order valence-corrected chi connectivity index (χ0v) is 27.1. The second-order valence-corrected chi connectivity index (χ2v) is 12.7. The fourth-order valence-electron chi connectivity index (χ4n) is 6.99. The van der Waals surface area contributed by atoms with Crippen molar-refractivity contribution >= 4 is 22.9 Å². The summed E-state index contributed by atoms with van der Waals surface area (Å²) in [4.78, 5) is 26.4. The van der Waals surface area contributed by atoms with E-state index in [1.54, 1.807) is 22.9 Å². The highest BCUT2D eigenvalue weighted by atomic mass is 19.2. The minimum absolute atomic E-state index is 0.0389. The Morgan fingerprint density at radius 3 is 2.63 bits per heavy atom. The SMILES string of the molecule is CNC(=O)[C@]12C[C@@H]1[C@@H](n1cnc3c(NCc4cccc(-n5cc(-c6ccc(F)c(F)c6)nn5)c4)nc(C#Cc4ccc(F)cc4F)nc31)[C@H](O)[C@@H]2O. The number of benzene rings is 3. The second kappa shape index (κ2) is 12.5. The van der Waals surface area contributed by atoms with Crippen LogP contribution in [0, 0.1) is 46.4 Å². The maximum absolute atomic E-state index is 14.4. The van der Waals surface area contributed by atoms with Crippen LogP contribution < -0.4 is 10.6 Å². The number of hydrogen-bond donors (Lipinski definition) is 4. The average Bonchev–Trinajstić information content (AvgIpc) is 3.37. The van der Waals surface area contributed by atoms with Crippen molar-refractivity contribution in [3.63, 3.8) is 0 Å². The normalized spacial score (nSPS) is 21.8. The number of aliphatic hydroxyl groups is 2. The summed E-state index contributed by atoms with van der Waals surface area (Å²) < 4.78 is 58.3. The van der Waals surface area contributed by atoms with Crippen LogP contribution in [0.1, 0.15) is 29.4 Å². The molecule has 0 unspecified atom stereocenters. The Kier molecular flexibility index (Phi) is 7.96. The summed E-state index contributed by atoms with van der Waals surface area (Å²) >= 11 is 0. The number of fused-ring (bicyclic) bond motifs is 2. The van der Waals surface area contributed by atoms with Crippen LogP contribution in [-0.4, -0.2) is 69.9 Å². The van der Waals surface area contributed by atoms with Crippen molar-refractivity contribution < 1.29 is 32.6 Å². The van der Waals surface area contributed by atoms with Gasteiger partial charge in [-0.2, -0.15) is 0 Å². The molecule has 0 saturated heterocycles. The molecule has 12 nitrogen and oxygen atoms in total. The molecule has 2 saturated carbocycles. The lowest BCUT2D eigenvalue weighted by Gasteiger charge is -2.23. The first-order valence-corrected chi connectivity index (χ1v) is 16.1. The summed E-state index contributed by atoms with van der Waals surface area (Å²) in [6.45, 7) is 0.212. The van der Waals surface area contributed by atoms with E-state index in [-0.39, 0.29) is 35.3 Å². The molecule has 3 heterocycles. The van der Waals surface area contributed by atoms with E-state index in [0.29, 0.717) is 34.9 Å². The van der Waals surface area contributed by atoms with Gasteiger partial charge >= 0.3 is 0 Å². The minimum atomic E-state index is -1.31. The van der Waals surface area contributed by atoms with Crippen molar-refractivity contribution in [2.45, 2.75) is 31.2 Å². The monoisotopic (exact) mass is 709 g/mol. The topological polar surface area (TPSA) is 156 Å². The predicted molar refractivity (Wildman–Crippen MR) is 177 cm³/mol. The van der Waals surface area contributed by atoms with Crippen molar-refractivity contribution in [1.82, 2.24) is 39.8 Å². The lowest BCUT2D eigenvalue weighted by Crippen LogP contribution is -2.41. The van der Waals surface area contributed by atoms with Gasteiger partial charge in [0, 0.05) is 31.1 Å². The summed E-state index contributed by atoms with van der Waals surface area (Å²) in [6, 6.07) is 13.0. The second-order valence-electron chi connectivity index (χ2n) is 12.7. The third-order valence-electron chi connectivity index (χ3n) is 9.65. The van der Waals surface area contributed by atoms with Crippen molar-refractivity contribution in [3.05, 3.63) is 113 Å². The number of imidazole rings is 1. The quantitative estimate of drug-likeness (QED) is 0.144. The van der Waals surface area contributed by atoms with Crippen LogP contribution in [0.4, 0.5) is 23.4 Å². The molecule has 0 radical (unpaired) electrons. The van der Waals surface area contributed by atoms with Gasteiger partial charge in [0.05, 0.1) is 41.3 Å². The van der Waals surface area contributed by atoms with Gasteiger partial charge < -0.3 is 25.4 Å². The smallest absolute Gasteiger partial charge is 0.229 e. The van der Waals surface area contributed by atoms with E-state index in [2.05, 4.69) is 47.7 Å². The predicted octanol–water partition coefficient (Wildman–Crippen LogP) is 3.67. The zero-order valence-electron chi connectivity index (χ0n) is 27.1. The number of anilines is 1. The number of carbonyl (C=O) groups is 1. The number of nitrogens with zero attached hydrogens (tertiary/aromatic N) is 7. The molecule has 0 aliphatic heterocycles. The highest BCUT2D eigenvalue weighted by Gasteiger charge is 2.75. The van der Waals surface area contributed by atoms with Crippen LogP contribution in [0.15, 0.2) is 73.2 Å². The van der Waals surface area contributed by atoms with Crippen molar-refractivity contribution in [1.29, 1.82) is 0 Å². The zero-order chi connectivity index (χ0) is 36.3. The molecule has 8 rings (SSSR count). The van der Waals surface area contributed by atoms with Gasteiger partial charge in [-0.25, -0.2) is 37.2 Å². The van der Waals surface area contributed by atoms with Gasteiger partial charge in [0.25, 0.3) is 0 Å². The number of aromatic nitrogens is 7. The lowest BCUT2D eigenvalue weighted by molar-refractivity contribution is -0.132. The highest BCUT2D eigenvalue weighted by molar-refractivity contribution is 5.88. The first-order valence-electron chi connectivity index (χ1n) is 16.1. The summed E-state index contributed by atoms with van der Waals surface area (Å²) in [5.74, 6) is 1.25. The van der Waals surface area contributed by atoms with Crippen molar-refractivity contribution in [2.24, 2.45) is 11.3 Å². The fraction of sp³-hybridized carbons (Fsp3) is 0.222. The molecule has 6 aromatic rings. The summed E-state index contributed by atoms with van der Waals surface area (Å²) in [6.07, 6.45) is 0.777. The first kappa shape index (κ1) is 33.0. The van der Waals surface area contributed by atoms with Crippen molar-refractivity contribution in [2.75, 3.05) is 12.4 Å². The third kappa shape index (κ3) is 5.50. The van der Waals surface area contributed by atoms with Crippen LogP contribution in [-0.2, 0) is 11.3 Å². The Morgan fingerprint density at radius 1 is 1.00 bits per heavy atom. The van der Waals surface area contributed by atoms with Gasteiger partial charge in [0.2, 0.25) is 11.7 Å². The molecule has 2 fully saturated rings. The maximum atomic E-state index is 14.4. The fourth-order valence-corrected chi connectivity index (χ4v) is 6.99. The van der Waals surface area contributed by atoms with Crippen molar-refractivity contribution in [3.8, 4) is 28.8 Å². The molecule has 0 spiro atoms. The molecule has 16 heteroatoms. The Hall–Kier alpha value is -6.18. The molecule has 52 heavy (non-hydrogen) atoms. The molecular formula is C36H27F4N9O3. The van der Waals surface area contributed by atoms with Gasteiger partial charge in [-0.05, 0) is 60.4 Å². The largest absolute Gasteiger partial charge is 0.389 e. The average molecular weight is 710 g/mol. The Balaban J connectivity index is 1.12. The highest BCUT2D eigenvalue weighted by Crippen LogP contribution is 2.67. The number of amides is 1. The summed E-state index contributed by atoms with van der Waals surface area (Å²) in [5.41, 5.74) is 1.44. The molecular weight excluding hydrogens is 682 g/mol. The van der Waals surface area contributed by atoms with Crippen LogP contribution in [0.25, 0.3) is 28.1 Å². The van der Waals surface area contributed by atoms with E-state index < -0.39 is 52.9 Å². The molecule has 3 aromatic heterocycles. The van der Waals surface area contributed by atoms with Crippen LogP contribution in [0.2, 0.25) is 0 Å². The van der Waals surface area contributed by atoms with Gasteiger partial charge in [-0.15, -0.1) is 5.10 Å². The standard InChI is InChI=1S/C36H27F4N9O3/c1-41-35(52)36-14-23(36)30(31(50)32(36)51)48-17-43-29-33(44-28(45-34(29)48)10-7-19-5-8-21(37)13-25(19)39)42-15-18-3-2-4-22(11-18)49-16-27(46-47-49)20-6-9-24(38)26(40)12-20/h2-6,8-9,11-13,16-17,23,30-32,50-51H,14-15H2,1H3,(H,41,52)(H,42,44,45)/t23-,30-,31+,32+,36-/m1/s1. The lowest BCUT2D eigenvalue weighted by atomic mass is 9.98. The van der Waals surface area contributed by atoms with Crippen LogP contribution >= 0.6 is 0 Å². The van der Waals surface area contributed by atoms with Gasteiger partial charge in [0.1, 0.15) is 23.4 Å². The maximum Gasteiger partial charge on any atom is 0.229 e. The van der Waals surface area contributed by atoms with E-state index in [9.17, 15) is 32.6 Å². The Morgan fingerprint density at radius 2 is 1.85 bits per heavy atom. The van der Waals surface area contributed by atoms with E-state index in [0.717, 1.165) is 23.8 Å². The molecule has 1 amide bonds. The third-order valence-corrected chi connectivity index (χ3v) is 9.65. The van der Waals surface area contributed by atoms with E-state index in [1.807, 2.05) is 12.1 Å². The number of carbonyl (C=O) groups excluding carboxylic acids is 1. The summed E-state index contributed by atoms with van der Waals surface area (Å²) in [7, 11) is 1.47. The molecule has 2 aliphatic rings. The molecule has 262 valence electrons. The van der Waals surface area contributed by atoms with E-state index in [4.69, 9.17) is 0 Å². The van der Waals surface area contributed by atoms with Gasteiger partial charge in [-0.3, -0.25) is 4.79 Å². The number of hydrogen-bond acceptors (Lipinski definition) is 9. The number of rotatable bonds is 7. The molecule has 4 N–H and O–H groups in total.